The van der Waals surface area contributed by atoms with E-state index in [9.17, 15) is 9.59 Å². The van der Waals surface area contributed by atoms with Crippen molar-refractivity contribution in [2.75, 3.05) is 31.6 Å². The smallest absolute Gasteiger partial charge is 0.241 e. The summed E-state index contributed by atoms with van der Waals surface area (Å²) in [6.07, 6.45) is 0.844. The molecule has 1 saturated heterocycles. The maximum atomic E-state index is 12.0. The third-order valence-corrected chi connectivity index (χ3v) is 3.52. The fraction of sp³-hybridized carbons (Fsp3) is 0.400. The largest absolute Gasteiger partial charge is 0.362 e. The summed E-state index contributed by atoms with van der Waals surface area (Å²) < 4.78 is 0. The SMILES string of the molecule is CC(=O)c1ccc(C#N)cc1N1CCCN(C)C(=O)C1. The lowest BCUT2D eigenvalue weighted by molar-refractivity contribution is -0.127. The standard InChI is InChI=1S/C15H17N3O2/c1-11(19)13-5-4-12(9-16)8-14(13)18-7-3-6-17(2)15(20)10-18/h4-5,8H,3,6-7,10H2,1-2H3. The molecule has 0 unspecified atom stereocenters. The van der Waals surface area contributed by atoms with E-state index in [0.717, 1.165) is 6.42 Å². The van der Waals surface area contributed by atoms with Crippen LogP contribution in [-0.2, 0) is 4.79 Å². The Morgan fingerprint density at radius 1 is 1.35 bits per heavy atom. The first-order chi connectivity index (χ1) is 9.52. The van der Waals surface area contributed by atoms with Crippen molar-refractivity contribution in [3.63, 3.8) is 0 Å². The number of anilines is 1. The van der Waals surface area contributed by atoms with Gasteiger partial charge in [0.1, 0.15) is 0 Å². The van der Waals surface area contributed by atoms with Crippen molar-refractivity contribution in [2.45, 2.75) is 13.3 Å². The highest BCUT2D eigenvalue weighted by Gasteiger charge is 2.22. The van der Waals surface area contributed by atoms with Gasteiger partial charge in [-0.15, -0.1) is 0 Å². The lowest BCUT2D eigenvalue weighted by Crippen LogP contribution is -2.35. The van der Waals surface area contributed by atoms with Crippen molar-refractivity contribution in [3.8, 4) is 6.07 Å². The molecule has 1 aromatic rings. The molecule has 0 bridgehead atoms. The predicted molar refractivity (Wildman–Crippen MR) is 75.6 cm³/mol. The van der Waals surface area contributed by atoms with Crippen LogP contribution in [-0.4, -0.2) is 43.3 Å². The molecular weight excluding hydrogens is 254 g/mol. The Morgan fingerprint density at radius 2 is 2.10 bits per heavy atom. The third kappa shape index (κ3) is 2.80. The number of carbonyl (C=O) groups excluding carboxylic acids is 2. The molecular formula is C15H17N3O2. The molecule has 1 heterocycles. The topological polar surface area (TPSA) is 64.4 Å². The number of rotatable bonds is 2. The van der Waals surface area contributed by atoms with Crippen molar-refractivity contribution in [2.24, 2.45) is 0 Å². The van der Waals surface area contributed by atoms with Crippen LogP contribution in [0.1, 0.15) is 29.3 Å². The van der Waals surface area contributed by atoms with Gasteiger partial charge in [-0.05, 0) is 31.5 Å². The Bertz CT molecular complexity index is 589. The van der Waals surface area contributed by atoms with Gasteiger partial charge >= 0.3 is 0 Å². The zero-order valence-corrected chi connectivity index (χ0v) is 11.7. The number of Topliss-reactive ketones (excluding diaryl/α,β-unsaturated/α-hetero) is 1. The van der Waals surface area contributed by atoms with Crippen LogP contribution < -0.4 is 4.90 Å². The van der Waals surface area contributed by atoms with Crippen molar-refractivity contribution >= 4 is 17.4 Å². The van der Waals surface area contributed by atoms with Gasteiger partial charge in [-0.1, -0.05) is 0 Å². The van der Waals surface area contributed by atoms with Crippen molar-refractivity contribution in [1.29, 1.82) is 5.26 Å². The van der Waals surface area contributed by atoms with E-state index in [1.807, 2.05) is 4.90 Å². The minimum atomic E-state index is -0.0606. The first-order valence-electron chi connectivity index (χ1n) is 6.57. The van der Waals surface area contributed by atoms with Crippen LogP contribution in [0.2, 0.25) is 0 Å². The molecule has 0 N–H and O–H groups in total. The summed E-state index contributed by atoms with van der Waals surface area (Å²) in [5.41, 5.74) is 1.73. The summed E-state index contributed by atoms with van der Waals surface area (Å²) in [4.78, 5) is 27.3. The van der Waals surface area contributed by atoms with E-state index < -0.39 is 0 Å². The van der Waals surface area contributed by atoms with E-state index in [2.05, 4.69) is 6.07 Å². The van der Waals surface area contributed by atoms with Gasteiger partial charge in [0.2, 0.25) is 5.91 Å². The molecule has 1 aromatic carbocycles. The van der Waals surface area contributed by atoms with Crippen molar-refractivity contribution in [1.82, 2.24) is 4.90 Å². The number of hydrogen-bond donors (Lipinski definition) is 0. The second kappa shape index (κ2) is 5.74. The van der Waals surface area contributed by atoms with Gasteiger partial charge in [-0.2, -0.15) is 5.26 Å². The molecule has 0 saturated carbocycles. The highest BCUT2D eigenvalue weighted by atomic mass is 16.2. The fourth-order valence-electron chi connectivity index (χ4n) is 2.35. The van der Waals surface area contributed by atoms with Crippen LogP contribution in [0.3, 0.4) is 0 Å². The molecule has 1 fully saturated rings. The molecule has 104 valence electrons. The van der Waals surface area contributed by atoms with E-state index in [1.165, 1.54) is 6.92 Å². The van der Waals surface area contributed by atoms with Crippen LogP contribution >= 0.6 is 0 Å². The van der Waals surface area contributed by atoms with Gasteiger partial charge < -0.3 is 9.80 Å². The molecule has 5 nitrogen and oxygen atoms in total. The maximum absolute atomic E-state index is 12.0. The van der Waals surface area contributed by atoms with Crippen LogP contribution in [0.15, 0.2) is 18.2 Å². The number of likely N-dealkylation sites (N-methyl/N-ethyl adjacent to an activating group) is 1. The summed E-state index contributed by atoms with van der Waals surface area (Å²) in [6, 6.07) is 7.06. The molecule has 1 aliphatic rings. The Kier molecular flexibility index (Phi) is 4.04. The number of carbonyl (C=O) groups is 2. The first-order valence-corrected chi connectivity index (χ1v) is 6.57. The number of benzene rings is 1. The van der Waals surface area contributed by atoms with Gasteiger partial charge in [-0.25, -0.2) is 0 Å². The van der Waals surface area contributed by atoms with Gasteiger partial charge in [0.15, 0.2) is 5.78 Å². The second-order valence-corrected chi connectivity index (χ2v) is 4.99. The molecule has 1 aliphatic heterocycles. The molecule has 2 rings (SSSR count). The van der Waals surface area contributed by atoms with Gasteiger partial charge in [-0.3, -0.25) is 9.59 Å². The summed E-state index contributed by atoms with van der Waals surface area (Å²) in [5, 5.41) is 9.01. The molecule has 0 atom stereocenters. The van der Waals surface area contributed by atoms with E-state index >= 15 is 0 Å². The monoisotopic (exact) mass is 271 g/mol. The van der Waals surface area contributed by atoms with E-state index in [-0.39, 0.29) is 18.2 Å². The van der Waals surface area contributed by atoms with Crippen molar-refractivity contribution in [3.05, 3.63) is 29.3 Å². The normalized spacial score (nSPS) is 15.8. The number of nitrogens with zero attached hydrogens (tertiary/aromatic N) is 3. The molecule has 20 heavy (non-hydrogen) atoms. The van der Waals surface area contributed by atoms with Gasteiger partial charge in [0.25, 0.3) is 0 Å². The van der Waals surface area contributed by atoms with Gasteiger partial charge in [0.05, 0.1) is 18.2 Å². The number of nitriles is 1. The molecule has 0 aliphatic carbocycles. The van der Waals surface area contributed by atoms with Crippen molar-refractivity contribution < 1.29 is 9.59 Å². The molecule has 0 spiro atoms. The lowest BCUT2D eigenvalue weighted by Gasteiger charge is -2.24. The number of hydrogen-bond acceptors (Lipinski definition) is 4. The molecule has 0 radical (unpaired) electrons. The average Bonchev–Trinajstić information content (AvgIpc) is 2.60. The Balaban J connectivity index is 2.42. The van der Waals surface area contributed by atoms with Crippen LogP contribution in [0.25, 0.3) is 0 Å². The zero-order chi connectivity index (χ0) is 14.7. The number of ketones is 1. The summed E-state index contributed by atoms with van der Waals surface area (Å²) in [6.45, 7) is 3.15. The highest BCUT2D eigenvalue weighted by Crippen LogP contribution is 2.24. The zero-order valence-electron chi connectivity index (χ0n) is 11.7. The predicted octanol–water partition coefficient (Wildman–Crippen LogP) is 1.43. The minimum absolute atomic E-state index is 0.0272. The Labute approximate surface area is 118 Å². The molecule has 0 aromatic heterocycles. The highest BCUT2D eigenvalue weighted by molar-refractivity contribution is 6.00. The van der Waals surface area contributed by atoms with E-state index in [4.69, 9.17) is 5.26 Å². The molecule has 1 amide bonds. The lowest BCUT2D eigenvalue weighted by atomic mass is 10.1. The maximum Gasteiger partial charge on any atom is 0.241 e. The quantitative estimate of drug-likeness (QED) is 0.763. The average molecular weight is 271 g/mol. The van der Waals surface area contributed by atoms with E-state index in [1.54, 1.807) is 30.1 Å². The third-order valence-electron chi connectivity index (χ3n) is 3.52. The Hall–Kier alpha value is -2.35. The first kappa shape index (κ1) is 14.1. The van der Waals surface area contributed by atoms with Gasteiger partial charge in [0, 0.05) is 31.4 Å². The minimum Gasteiger partial charge on any atom is -0.362 e. The molecule has 5 heteroatoms. The van der Waals surface area contributed by atoms with E-state index in [0.29, 0.717) is 29.9 Å². The number of amides is 1. The van der Waals surface area contributed by atoms with Crippen LogP contribution in [0.4, 0.5) is 5.69 Å². The summed E-state index contributed by atoms with van der Waals surface area (Å²) in [7, 11) is 1.78. The van der Waals surface area contributed by atoms with Crippen LogP contribution in [0.5, 0.6) is 0 Å². The van der Waals surface area contributed by atoms with Crippen LogP contribution in [0, 0.1) is 11.3 Å². The fourth-order valence-corrected chi connectivity index (χ4v) is 2.35. The Morgan fingerprint density at radius 3 is 2.75 bits per heavy atom. The summed E-state index contributed by atoms with van der Waals surface area (Å²) >= 11 is 0. The second-order valence-electron chi connectivity index (χ2n) is 4.99. The summed E-state index contributed by atoms with van der Waals surface area (Å²) in [5.74, 6) is -0.0334.